The molecule has 0 aliphatic heterocycles. The molecule has 24 heavy (non-hydrogen) atoms. The summed E-state index contributed by atoms with van der Waals surface area (Å²) >= 11 is 0. The third kappa shape index (κ3) is 3.78. The van der Waals surface area contributed by atoms with E-state index in [0.29, 0.717) is 17.5 Å². The van der Waals surface area contributed by atoms with E-state index in [-0.39, 0.29) is 12.1 Å². The number of rotatable bonds is 6. The lowest BCUT2D eigenvalue weighted by Crippen LogP contribution is -2.32. The van der Waals surface area contributed by atoms with Crippen LogP contribution in [0.15, 0.2) is 48.8 Å². The zero-order valence-corrected chi connectivity index (χ0v) is 13.0. The topological polar surface area (TPSA) is 78.0 Å². The summed E-state index contributed by atoms with van der Waals surface area (Å²) in [6.45, 7) is 0.105. The molecule has 2 aromatic carbocycles. The maximum atomic E-state index is 13.6. The van der Waals surface area contributed by atoms with Crippen LogP contribution in [0.5, 0.6) is 0 Å². The van der Waals surface area contributed by atoms with E-state index >= 15 is 0 Å². The van der Waals surface area contributed by atoms with Crippen LogP contribution in [0.3, 0.4) is 0 Å². The Morgan fingerprint density at radius 1 is 1.29 bits per heavy atom. The van der Waals surface area contributed by atoms with Crippen molar-refractivity contribution in [2.24, 2.45) is 0 Å². The summed E-state index contributed by atoms with van der Waals surface area (Å²) in [6, 6.07) is 12.3. The number of nitrogens with zero attached hydrogens (tertiary/aromatic N) is 1. The highest BCUT2D eigenvalue weighted by molar-refractivity contribution is 6.04. The Bertz CT molecular complexity index is 833. The van der Waals surface area contributed by atoms with Crippen molar-refractivity contribution in [2.45, 2.75) is 18.9 Å². The lowest BCUT2D eigenvalue weighted by molar-refractivity contribution is 0.0912. The van der Waals surface area contributed by atoms with Crippen molar-refractivity contribution in [3.63, 3.8) is 0 Å². The van der Waals surface area contributed by atoms with Gasteiger partial charge in [-0.3, -0.25) is 4.79 Å². The van der Waals surface area contributed by atoms with E-state index in [4.69, 9.17) is 0 Å². The van der Waals surface area contributed by atoms with Gasteiger partial charge in [-0.1, -0.05) is 30.3 Å². The molecule has 3 rings (SSSR count). The second-order valence-electron chi connectivity index (χ2n) is 5.64. The van der Waals surface area contributed by atoms with Crippen LogP contribution in [0.25, 0.3) is 11.0 Å². The van der Waals surface area contributed by atoms with Gasteiger partial charge in [-0.05, 0) is 30.5 Å². The van der Waals surface area contributed by atoms with Gasteiger partial charge in [-0.2, -0.15) is 0 Å². The maximum absolute atomic E-state index is 13.6. The predicted octanol–water partition coefficient (Wildman–Crippen LogP) is 2.43. The smallest absolute Gasteiger partial charge is 0.253 e. The molecule has 0 saturated carbocycles. The predicted molar refractivity (Wildman–Crippen MR) is 89.2 cm³/mol. The van der Waals surface area contributed by atoms with Gasteiger partial charge in [0.25, 0.3) is 5.91 Å². The van der Waals surface area contributed by atoms with Gasteiger partial charge in [0.1, 0.15) is 11.3 Å². The van der Waals surface area contributed by atoms with Crippen LogP contribution < -0.4 is 5.32 Å². The van der Waals surface area contributed by atoms with Gasteiger partial charge in [0, 0.05) is 6.54 Å². The Morgan fingerprint density at radius 2 is 2.08 bits per heavy atom. The van der Waals surface area contributed by atoms with Crippen LogP contribution in [0.2, 0.25) is 0 Å². The zero-order valence-electron chi connectivity index (χ0n) is 13.0. The molecule has 124 valence electrons. The summed E-state index contributed by atoms with van der Waals surface area (Å²) in [7, 11) is 0. The van der Waals surface area contributed by atoms with E-state index in [2.05, 4.69) is 15.3 Å². The van der Waals surface area contributed by atoms with Gasteiger partial charge in [-0.15, -0.1) is 0 Å². The van der Waals surface area contributed by atoms with Crippen molar-refractivity contribution in [3.8, 4) is 0 Å². The quantitative estimate of drug-likeness (QED) is 0.651. The van der Waals surface area contributed by atoms with Crippen molar-refractivity contribution in [1.29, 1.82) is 0 Å². The monoisotopic (exact) mass is 327 g/mol. The molecule has 0 unspecified atom stereocenters. The normalized spacial score (nSPS) is 12.2. The average molecular weight is 327 g/mol. The number of amides is 1. The molecule has 0 fully saturated rings. The number of aliphatic hydroxyl groups excluding tert-OH is 1. The zero-order chi connectivity index (χ0) is 16.9. The third-order valence-corrected chi connectivity index (χ3v) is 3.84. The fourth-order valence-electron chi connectivity index (χ4n) is 2.57. The first-order valence-electron chi connectivity index (χ1n) is 7.76. The Balaban J connectivity index is 1.57. The lowest BCUT2D eigenvalue weighted by Gasteiger charge is -2.12. The number of imidazole rings is 1. The second kappa shape index (κ2) is 7.23. The molecule has 3 N–H and O–H groups in total. The standard InChI is InChI=1S/C18H18FN3O2/c19-13-8-15(17-16(9-13)21-11-22-17)18(24)20-10-14(23)7-6-12-4-2-1-3-5-12/h1-5,8-9,11,14,23H,6-7,10H2,(H,20,24)(H,21,22)/t14-/m0/s1. The third-order valence-electron chi connectivity index (χ3n) is 3.84. The van der Waals surface area contributed by atoms with E-state index in [1.165, 1.54) is 12.4 Å². The number of carbonyl (C=O) groups excluding carboxylic acids is 1. The minimum Gasteiger partial charge on any atom is -0.391 e. The number of fused-ring (bicyclic) bond motifs is 1. The van der Waals surface area contributed by atoms with Gasteiger partial charge in [-0.25, -0.2) is 9.37 Å². The van der Waals surface area contributed by atoms with E-state index in [0.717, 1.165) is 18.1 Å². The number of hydrogen-bond acceptors (Lipinski definition) is 3. The van der Waals surface area contributed by atoms with Crippen molar-refractivity contribution < 1.29 is 14.3 Å². The molecule has 1 aromatic heterocycles. The van der Waals surface area contributed by atoms with Gasteiger partial charge < -0.3 is 15.4 Å². The Kier molecular flexibility index (Phi) is 4.86. The largest absolute Gasteiger partial charge is 0.391 e. The fourth-order valence-corrected chi connectivity index (χ4v) is 2.57. The summed E-state index contributed by atoms with van der Waals surface area (Å²) in [5.41, 5.74) is 2.16. The highest BCUT2D eigenvalue weighted by atomic mass is 19.1. The number of aromatic amines is 1. The molecule has 0 bridgehead atoms. The molecule has 0 saturated heterocycles. The van der Waals surface area contributed by atoms with Crippen LogP contribution in [0.4, 0.5) is 4.39 Å². The molecule has 1 heterocycles. The van der Waals surface area contributed by atoms with Gasteiger partial charge >= 0.3 is 0 Å². The van der Waals surface area contributed by atoms with E-state index in [1.807, 2.05) is 30.3 Å². The summed E-state index contributed by atoms with van der Waals surface area (Å²) in [6.07, 6.45) is 2.00. The van der Waals surface area contributed by atoms with Gasteiger partial charge in [0.15, 0.2) is 0 Å². The SMILES string of the molecule is O=C(NC[C@@H](O)CCc1ccccc1)c1cc(F)cc2[nH]cnc12. The van der Waals surface area contributed by atoms with Crippen LogP contribution in [-0.4, -0.2) is 33.6 Å². The molecular weight excluding hydrogens is 309 g/mol. The summed E-state index contributed by atoms with van der Waals surface area (Å²) < 4.78 is 13.6. The Morgan fingerprint density at radius 3 is 2.88 bits per heavy atom. The minimum atomic E-state index is -0.669. The first kappa shape index (κ1) is 16.1. The molecule has 0 spiro atoms. The van der Waals surface area contributed by atoms with Crippen LogP contribution in [-0.2, 0) is 6.42 Å². The minimum absolute atomic E-state index is 0.105. The fraction of sp³-hybridized carbons (Fsp3) is 0.222. The molecule has 0 aliphatic carbocycles. The highest BCUT2D eigenvalue weighted by Crippen LogP contribution is 2.17. The van der Waals surface area contributed by atoms with Gasteiger partial charge in [0.05, 0.1) is 23.5 Å². The van der Waals surface area contributed by atoms with Crippen molar-refractivity contribution in [2.75, 3.05) is 6.54 Å². The number of aliphatic hydroxyl groups is 1. The van der Waals surface area contributed by atoms with E-state index in [1.54, 1.807) is 0 Å². The molecule has 3 aromatic rings. The Hall–Kier alpha value is -2.73. The van der Waals surface area contributed by atoms with Crippen molar-refractivity contribution in [3.05, 3.63) is 65.7 Å². The summed E-state index contributed by atoms with van der Waals surface area (Å²) in [5.74, 6) is -0.966. The number of benzene rings is 2. The number of hydrogen-bond donors (Lipinski definition) is 3. The molecule has 1 atom stereocenters. The first-order chi connectivity index (χ1) is 11.6. The summed E-state index contributed by atoms with van der Waals surface area (Å²) in [4.78, 5) is 19.1. The summed E-state index contributed by atoms with van der Waals surface area (Å²) in [5, 5.41) is 12.7. The molecule has 1 amide bonds. The van der Waals surface area contributed by atoms with E-state index < -0.39 is 17.8 Å². The number of H-pyrrole nitrogens is 1. The molecule has 6 heteroatoms. The van der Waals surface area contributed by atoms with Crippen LogP contribution in [0, 0.1) is 5.82 Å². The number of aromatic nitrogens is 2. The molecule has 0 radical (unpaired) electrons. The van der Waals surface area contributed by atoms with Crippen molar-refractivity contribution >= 4 is 16.9 Å². The number of aryl methyl sites for hydroxylation is 1. The van der Waals surface area contributed by atoms with Crippen LogP contribution >= 0.6 is 0 Å². The first-order valence-corrected chi connectivity index (χ1v) is 7.76. The lowest BCUT2D eigenvalue weighted by atomic mass is 10.1. The van der Waals surface area contributed by atoms with E-state index in [9.17, 15) is 14.3 Å². The second-order valence-corrected chi connectivity index (χ2v) is 5.64. The number of carbonyl (C=O) groups is 1. The number of nitrogens with one attached hydrogen (secondary N) is 2. The molecular formula is C18H18FN3O2. The maximum Gasteiger partial charge on any atom is 0.253 e. The van der Waals surface area contributed by atoms with Crippen LogP contribution in [0.1, 0.15) is 22.3 Å². The molecule has 5 nitrogen and oxygen atoms in total. The highest BCUT2D eigenvalue weighted by Gasteiger charge is 2.15. The number of halogens is 1. The van der Waals surface area contributed by atoms with Crippen molar-refractivity contribution in [1.82, 2.24) is 15.3 Å². The Labute approximate surface area is 138 Å². The van der Waals surface area contributed by atoms with Gasteiger partial charge in [0.2, 0.25) is 0 Å². The average Bonchev–Trinajstić information content (AvgIpc) is 3.06. The molecule has 0 aliphatic rings.